The van der Waals surface area contributed by atoms with Gasteiger partial charge in [0.15, 0.2) is 5.78 Å². The van der Waals surface area contributed by atoms with Gasteiger partial charge in [0, 0.05) is 5.56 Å². The molecule has 0 heterocycles. The molecule has 0 fully saturated rings. The lowest BCUT2D eigenvalue weighted by atomic mass is 9.84. The highest BCUT2D eigenvalue weighted by molar-refractivity contribution is 6.02. The summed E-state index contributed by atoms with van der Waals surface area (Å²) in [6.45, 7) is 4.15. The zero-order chi connectivity index (χ0) is 13.4. The number of ketones is 1. The molecule has 0 atom stereocenters. The van der Waals surface area contributed by atoms with Gasteiger partial charge in [0.05, 0.1) is 0 Å². The van der Waals surface area contributed by atoms with Crippen molar-refractivity contribution in [1.82, 2.24) is 0 Å². The van der Waals surface area contributed by atoms with Gasteiger partial charge in [-0.05, 0) is 12.8 Å². The van der Waals surface area contributed by atoms with Gasteiger partial charge in [-0.15, -0.1) is 0 Å². The summed E-state index contributed by atoms with van der Waals surface area (Å²) >= 11 is 0. The van der Waals surface area contributed by atoms with E-state index in [2.05, 4.69) is 13.8 Å². The van der Waals surface area contributed by atoms with Gasteiger partial charge in [-0.3, -0.25) is 4.79 Å². The minimum absolute atomic E-state index is 0.120. The molecule has 1 aromatic rings. The highest BCUT2D eigenvalue weighted by atomic mass is 16.3. The zero-order valence-corrected chi connectivity index (χ0v) is 11.5. The van der Waals surface area contributed by atoms with Crippen LogP contribution in [0.4, 0.5) is 0 Å². The van der Waals surface area contributed by atoms with Crippen LogP contribution in [0.5, 0.6) is 0 Å². The predicted octanol–water partition coefficient (Wildman–Crippen LogP) is 3.98. The molecule has 1 aromatic carbocycles. The van der Waals surface area contributed by atoms with E-state index in [4.69, 9.17) is 0 Å². The van der Waals surface area contributed by atoms with E-state index in [0.29, 0.717) is 18.4 Å². The Morgan fingerprint density at radius 3 is 2.00 bits per heavy atom. The van der Waals surface area contributed by atoms with Gasteiger partial charge in [-0.2, -0.15) is 0 Å². The van der Waals surface area contributed by atoms with Crippen LogP contribution >= 0.6 is 0 Å². The van der Waals surface area contributed by atoms with E-state index in [-0.39, 0.29) is 5.78 Å². The molecular weight excluding hydrogens is 224 g/mol. The molecule has 0 spiro atoms. The fourth-order valence-electron chi connectivity index (χ4n) is 2.15. The number of unbranched alkanes of at least 4 members (excludes halogenated alkanes) is 2. The van der Waals surface area contributed by atoms with Crippen LogP contribution in [0.1, 0.15) is 62.7 Å². The van der Waals surface area contributed by atoms with Gasteiger partial charge in [0.25, 0.3) is 0 Å². The molecule has 0 saturated carbocycles. The minimum atomic E-state index is -1.17. The quantitative estimate of drug-likeness (QED) is 0.706. The van der Waals surface area contributed by atoms with E-state index >= 15 is 0 Å². The van der Waals surface area contributed by atoms with E-state index in [1.807, 2.05) is 18.2 Å². The van der Waals surface area contributed by atoms with Gasteiger partial charge >= 0.3 is 0 Å². The first kappa shape index (κ1) is 14.9. The first-order chi connectivity index (χ1) is 8.64. The Balaban J connectivity index is 2.84. The van der Waals surface area contributed by atoms with Crippen molar-refractivity contribution < 1.29 is 9.90 Å². The number of Topliss-reactive ketones (excluding diaryl/α,β-unsaturated/α-hetero) is 1. The topological polar surface area (TPSA) is 37.3 Å². The first-order valence-corrected chi connectivity index (χ1v) is 6.96. The van der Waals surface area contributed by atoms with E-state index in [0.717, 1.165) is 25.7 Å². The Kier molecular flexibility index (Phi) is 6.06. The van der Waals surface area contributed by atoms with Crippen LogP contribution in [-0.2, 0) is 0 Å². The molecule has 0 saturated heterocycles. The number of rotatable bonds is 8. The third kappa shape index (κ3) is 3.95. The standard InChI is InChI=1S/C16H24O2/c1-3-5-12-16(18,13-6-4-2)15(17)14-10-8-7-9-11-14/h7-11,18H,3-6,12-13H2,1-2H3. The smallest absolute Gasteiger partial charge is 0.194 e. The summed E-state index contributed by atoms with van der Waals surface area (Å²) in [5.41, 5.74) is -0.555. The second kappa shape index (κ2) is 7.32. The highest BCUT2D eigenvalue weighted by Gasteiger charge is 2.34. The summed E-state index contributed by atoms with van der Waals surface area (Å²) in [7, 11) is 0. The van der Waals surface area contributed by atoms with Gasteiger partial charge in [-0.25, -0.2) is 0 Å². The van der Waals surface area contributed by atoms with Gasteiger partial charge in [0.1, 0.15) is 5.60 Å². The van der Waals surface area contributed by atoms with Gasteiger partial charge < -0.3 is 5.11 Å². The molecule has 0 aromatic heterocycles. The molecule has 2 heteroatoms. The molecule has 0 bridgehead atoms. The van der Waals surface area contributed by atoms with E-state index < -0.39 is 5.60 Å². The predicted molar refractivity (Wildman–Crippen MR) is 74.8 cm³/mol. The number of benzene rings is 1. The molecule has 100 valence electrons. The Bertz CT molecular complexity index is 349. The highest BCUT2D eigenvalue weighted by Crippen LogP contribution is 2.26. The average Bonchev–Trinajstić information content (AvgIpc) is 2.43. The number of aliphatic hydroxyl groups is 1. The summed E-state index contributed by atoms with van der Waals surface area (Å²) in [5.74, 6) is -0.120. The van der Waals surface area contributed by atoms with E-state index in [1.165, 1.54) is 0 Å². The molecule has 0 aliphatic rings. The fraction of sp³-hybridized carbons (Fsp3) is 0.562. The Morgan fingerprint density at radius 2 is 1.56 bits per heavy atom. The van der Waals surface area contributed by atoms with Crippen LogP contribution in [0, 0.1) is 0 Å². The van der Waals surface area contributed by atoms with Crippen molar-refractivity contribution in [3.63, 3.8) is 0 Å². The molecule has 0 radical (unpaired) electrons. The van der Waals surface area contributed by atoms with E-state index in [1.54, 1.807) is 12.1 Å². The maximum atomic E-state index is 12.4. The molecule has 18 heavy (non-hydrogen) atoms. The fourth-order valence-corrected chi connectivity index (χ4v) is 2.15. The minimum Gasteiger partial charge on any atom is -0.382 e. The van der Waals surface area contributed by atoms with Crippen LogP contribution in [0.3, 0.4) is 0 Å². The number of carbonyl (C=O) groups excluding carboxylic acids is 1. The molecule has 1 rings (SSSR count). The van der Waals surface area contributed by atoms with Crippen LogP contribution in [-0.4, -0.2) is 16.5 Å². The number of hydrogen-bond acceptors (Lipinski definition) is 2. The van der Waals surface area contributed by atoms with Crippen molar-refractivity contribution in [2.75, 3.05) is 0 Å². The molecule has 1 N–H and O–H groups in total. The third-order valence-electron chi connectivity index (χ3n) is 3.35. The van der Waals surface area contributed by atoms with Crippen molar-refractivity contribution in [3.8, 4) is 0 Å². The molecule has 0 aliphatic heterocycles. The first-order valence-electron chi connectivity index (χ1n) is 6.96. The summed E-state index contributed by atoms with van der Waals surface area (Å²) < 4.78 is 0. The van der Waals surface area contributed by atoms with Crippen LogP contribution < -0.4 is 0 Å². The Morgan fingerprint density at radius 1 is 1.06 bits per heavy atom. The van der Waals surface area contributed by atoms with Crippen molar-refractivity contribution in [1.29, 1.82) is 0 Å². The molecule has 0 aliphatic carbocycles. The summed E-state index contributed by atoms with van der Waals surface area (Å²) in [6, 6.07) is 9.13. The normalized spacial score (nSPS) is 11.5. The average molecular weight is 248 g/mol. The molecule has 0 unspecified atom stereocenters. The summed E-state index contributed by atoms with van der Waals surface area (Å²) in [5, 5.41) is 10.6. The van der Waals surface area contributed by atoms with Crippen molar-refractivity contribution in [2.24, 2.45) is 0 Å². The third-order valence-corrected chi connectivity index (χ3v) is 3.35. The van der Waals surface area contributed by atoms with Crippen LogP contribution in [0.2, 0.25) is 0 Å². The summed E-state index contributed by atoms with van der Waals surface area (Å²) in [4.78, 5) is 12.4. The Hall–Kier alpha value is -1.15. The molecular formula is C16H24O2. The lowest BCUT2D eigenvalue weighted by molar-refractivity contribution is 0.0202. The zero-order valence-electron chi connectivity index (χ0n) is 11.5. The van der Waals surface area contributed by atoms with Crippen molar-refractivity contribution in [2.45, 2.75) is 58.0 Å². The van der Waals surface area contributed by atoms with Crippen LogP contribution in [0.25, 0.3) is 0 Å². The van der Waals surface area contributed by atoms with Crippen molar-refractivity contribution >= 4 is 5.78 Å². The Labute approximate surface area is 110 Å². The largest absolute Gasteiger partial charge is 0.382 e. The maximum Gasteiger partial charge on any atom is 0.194 e. The molecule has 2 nitrogen and oxygen atoms in total. The second-order valence-corrected chi connectivity index (χ2v) is 4.93. The number of hydrogen-bond donors (Lipinski definition) is 1. The van der Waals surface area contributed by atoms with Gasteiger partial charge in [-0.1, -0.05) is 69.9 Å². The lowest BCUT2D eigenvalue weighted by Crippen LogP contribution is -2.38. The SMILES string of the molecule is CCCCC(O)(CCCC)C(=O)c1ccccc1. The number of carbonyl (C=O) groups is 1. The van der Waals surface area contributed by atoms with Crippen LogP contribution in [0.15, 0.2) is 30.3 Å². The van der Waals surface area contributed by atoms with Crippen molar-refractivity contribution in [3.05, 3.63) is 35.9 Å². The maximum absolute atomic E-state index is 12.4. The summed E-state index contributed by atoms with van der Waals surface area (Å²) in [6.07, 6.45) is 4.90. The second-order valence-electron chi connectivity index (χ2n) is 4.93. The van der Waals surface area contributed by atoms with E-state index in [9.17, 15) is 9.90 Å². The van der Waals surface area contributed by atoms with Gasteiger partial charge in [0.2, 0.25) is 0 Å². The molecule has 0 amide bonds. The monoisotopic (exact) mass is 248 g/mol. The lowest BCUT2D eigenvalue weighted by Gasteiger charge is -2.26.